The summed E-state index contributed by atoms with van der Waals surface area (Å²) in [6.07, 6.45) is 2.35. The number of hydrogen-bond donors (Lipinski definition) is 2. The lowest BCUT2D eigenvalue weighted by Gasteiger charge is -2.14. The fourth-order valence-electron chi connectivity index (χ4n) is 2.91. The number of rotatable bonds is 3. The van der Waals surface area contributed by atoms with Crippen molar-refractivity contribution in [2.45, 2.75) is 13.3 Å². The third-order valence-electron chi connectivity index (χ3n) is 4.04. The average Bonchev–Trinajstić information content (AvgIpc) is 2.55. The lowest BCUT2D eigenvalue weighted by atomic mass is 10.0. The molecule has 3 N–H and O–H groups in total. The molecular formula is C18H18FN3O. The Hall–Kier alpha value is -2.82. The minimum absolute atomic E-state index is 0.247. The van der Waals surface area contributed by atoms with Crippen molar-refractivity contribution in [3.05, 3.63) is 64.3 Å². The van der Waals surface area contributed by atoms with Crippen molar-refractivity contribution in [1.82, 2.24) is 4.57 Å². The number of halogens is 1. The predicted molar refractivity (Wildman–Crippen MR) is 92.8 cm³/mol. The largest absolute Gasteiger partial charge is 0.399 e. The fraction of sp³-hybridized carbons (Fsp3) is 0.167. The second-order valence-corrected chi connectivity index (χ2v) is 5.36. The lowest BCUT2D eigenvalue weighted by Crippen LogP contribution is -2.18. The van der Waals surface area contributed by atoms with Crippen molar-refractivity contribution in [1.29, 1.82) is 0 Å². The Morgan fingerprint density at radius 3 is 2.48 bits per heavy atom. The molecule has 0 aliphatic carbocycles. The van der Waals surface area contributed by atoms with Crippen molar-refractivity contribution in [2.24, 2.45) is 0 Å². The molecule has 3 rings (SSSR count). The first-order valence-electron chi connectivity index (χ1n) is 7.47. The van der Waals surface area contributed by atoms with Crippen molar-refractivity contribution >= 4 is 22.1 Å². The van der Waals surface area contributed by atoms with Crippen LogP contribution in [0.2, 0.25) is 0 Å². The Labute approximate surface area is 133 Å². The van der Waals surface area contributed by atoms with E-state index in [2.05, 4.69) is 5.32 Å². The standard InChI is InChI=1S/C18H18FN3O/c1-3-13-14-8-9-22(12-6-4-11(20)5-7-12)18(23)15(14)10-16(19)17(13)21-2/h4-10,21H,3,20H2,1-2H3. The number of anilines is 2. The summed E-state index contributed by atoms with van der Waals surface area (Å²) in [6.45, 7) is 1.94. The fourth-order valence-corrected chi connectivity index (χ4v) is 2.91. The van der Waals surface area contributed by atoms with E-state index in [1.165, 1.54) is 10.6 Å². The maximum Gasteiger partial charge on any atom is 0.263 e. The summed E-state index contributed by atoms with van der Waals surface area (Å²) in [4.78, 5) is 12.8. The number of aromatic nitrogens is 1. The number of hydrogen-bond acceptors (Lipinski definition) is 3. The summed E-state index contributed by atoms with van der Waals surface area (Å²) in [7, 11) is 1.68. The first-order chi connectivity index (χ1) is 11.1. The SMILES string of the molecule is CCc1c(NC)c(F)cc2c(=O)n(-c3ccc(N)cc3)ccc12. The van der Waals surface area contributed by atoms with Crippen molar-refractivity contribution < 1.29 is 4.39 Å². The third kappa shape index (κ3) is 2.44. The smallest absolute Gasteiger partial charge is 0.263 e. The van der Waals surface area contributed by atoms with E-state index in [1.54, 1.807) is 37.5 Å². The van der Waals surface area contributed by atoms with E-state index < -0.39 is 5.82 Å². The molecule has 4 nitrogen and oxygen atoms in total. The van der Waals surface area contributed by atoms with Crippen LogP contribution in [0.25, 0.3) is 16.5 Å². The highest BCUT2D eigenvalue weighted by atomic mass is 19.1. The van der Waals surface area contributed by atoms with E-state index in [-0.39, 0.29) is 5.56 Å². The number of nitrogens with zero attached hydrogens (tertiary/aromatic N) is 1. The normalized spacial score (nSPS) is 10.9. The Morgan fingerprint density at radius 1 is 1.17 bits per heavy atom. The van der Waals surface area contributed by atoms with Gasteiger partial charge in [0, 0.05) is 24.6 Å². The summed E-state index contributed by atoms with van der Waals surface area (Å²) >= 11 is 0. The van der Waals surface area contributed by atoms with Gasteiger partial charge in [-0.25, -0.2) is 4.39 Å². The van der Waals surface area contributed by atoms with Gasteiger partial charge in [-0.1, -0.05) is 6.92 Å². The second kappa shape index (κ2) is 5.76. The van der Waals surface area contributed by atoms with Gasteiger partial charge in [0.25, 0.3) is 5.56 Å². The van der Waals surface area contributed by atoms with E-state index >= 15 is 0 Å². The molecule has 0 saturated carbocycles. The van der Waals surface area contributed by atoms with Crippen molar-refractivity contribution in [2.75, 3.05) is 18.1 Å². The molecule has 0 saturated heterocycles. The number of fused-ring (bicyclic) bond motifs is 1. The zero-order valence-electron chi connectivity index (χ0n) is 13.1. The van der Waals surface area contributed by atoms with Gasteiger partial charge in [0.2, 0.25) is 0 Å². The molecular weight excluding hydrogens is 293 g/mol. The molecule has 0 bridgehead atoms. The summed E-state index contributed by atoms with van der Waals surface area (Å²) < 4.78 is 15.8. The number of nitrogens with one attached hydrogen (secondary N) is 1. The first-order valence-corrected chi connectivity index (χ1v) is 7.47. The maximum atomic E-state index is 14.3. The van der Waals surface area contributed by atoms with E-state index in [4.69, 9.17) is 5.73 Å². The van der Waals surface area contributed by atoms with Gasteiger partial charge in [-0.2, -0.15) is 0 Å². The molecule has 23 heavy (non-hydrogen) atoms. The van der Waals surface area contributed by atoms with E-state index in [1.807, 2.05) is 13.0 Å². The van der Waals surface area contributed by atoms with Gasteiger partial charge in [0.05, 0.1) is 11.1 Å². The molecule has 0 radical (unpaired) electrons. The molecule has 0 spiro atoms. The van der Waals surface area contributed by atoms with E-state index in [0.29, 0.717) is 28.9 Å². The van der Waals surface area contributed by atoms with Gasteiger partial charge < -0.3 is 11.1 Å². The third-order valence-corrected chi connectivity index (χ3v) is 4.04. The van der Waals surface area contributed by atoms with Gasteiger partial charge in [0.15, 0.2) is 0 Å². The number of aryl methyl sites for hydroxylation is 1. The van der Waals surface area contributed by atoms with Gasteiger partial charge in [-0.15, -0.1) is 0 Å². The van der Waals surface area contributed by atoms with Crippen LogP contribution in [0.1, 0.15) is 12.5 Å². The van der Waals surface area contributed by atoms with Crippen LogP contribution in [-0.4, -0.2) is 11.6 Å². The molecule has 2 aromatic carbocycles. The van der Waals surface area contributed by atoms with Crippen LogP contribution in [0, 0.1) is 5.82 Å². The Morgan fingerprint density at radius 2 is 1.87 bits per heavy atom. The summed E-state index contributed by atoms with van der Waals surface area (Å²) in [5.74, 6) is -0.413. The Bertz CT molecular complexity index is 930. The van der Waals surface area contributed by atoms with Crippen LogP contribution in [0.3, 0.4) is 0 Å². The molecule has 0 amide bonds. The number of nitrogens with two attached hydrogens (primary N) is 1. The topological polar surface area (TPSA) is 60.0 Å². The molecule has 3 aromatic rings. The quantitative estimate of drug-likeness (QED) is 0.730. The number of pyridine rings is 1. The Balaban J connectivity index is 2.32. The average molecular weight is 311 g/mol. The number of nitrogen functional groups attached to an aromatic ring is 1. The minimum Gasteiger partial charge on any atom is -0.399 e. The van der Waals surface area contributed by atoms with E-state index in [9.17, 15) is 9.18 Å². The minimum atomic E-state index is -0.413. The molecule has 0 aliphatic rings. The van der Waals surface area contributed by atoms with Crippen LogP contribution >= 0.6 is 0 Å². The molecule has 0 unspecified atom stereocenters. The summed E-state index contributed by atoms with van der Waals surface area (Å²) in [5.41, 5.74) is 8.01. The molecule has 0 atom stereocenters. The maximum absolute atomic E-state index is 14.3. The van der Waals surface area contributed by atoms with Crippen LogP contribution in [0.15, 0.2) is 47.4 Å². The molecule has 0 fully saturated rings. The van der Waals surface area contributed by atoms with Crippen molar-refractivity contribution in [3.8, 4) is 5.69 Å². The highest BCUT2D eigenvalue weighted by Crippen LogP contribution is 2.28. The van der Waals surface area contributed by atoms with Crippen LogP contribution in [0.4, 0.5) is 15.8 Å². The van der Waals surface area contributed by atoms with Gasteiger partial charge in [-0.05, 0) is 53.8 Å². The van der Waals surface area contributed by atoms with Crippen LogP contribution < -0.4 is 16.6 Å². The van der Waals surface area contributed by atoms with Crippen molar-refractivity contribution in [3.63, 3.8) is 0 Å². The molecule has 1 aromatic heterocycles. The van der Waals surface area contributed by atoms with Crippen LogP contribution in [-0.2, 0) is 6.42 Å². The second-order valence-electron chi connectivity index (χ2n) is 5.36. The summed E-state index contributed by atoms with van der Waals surface area (Å²) in [6, 6.07) is 10.1. The zero-order chi connectivity index (χ0) is 16.6. The monoisotopic (exact) mass is 311 g/mol. The molecule has 0 aliphatic heterocycles. The highest BCUT2D eigenvalue weighted by Gasteiger charge is 2.14. The van der Waals surface area contributed by atoms with Crippen LogP contribution in [0.5, 0.6) is 0 Å². The first kappa shape index (κ1) is 15.1. The van der Waals surface area contributed by atoms with Gasteiger partial charge >= 0.3 is 0 Å². The van der Waals surface area contributed by atoms with Gasteiger partial charge in [0.1, 0.15) is 5.82 Å². The zero-order valence-corrected chi connectivity index (χ0v) is 13.1. The number of benzene rings is 2. The molecule has 118 valence electrons. The Kier molecular flexibility index (Phi) is 3.78. The molecule has 1 heterocycles. The highest BCUT2D eigenvalue weighted by molar-refractivity contribution is 5.90. The predicted octanol–water partition coefficient (Wildman–Crippen LogP) is 3.32. The summed E-state index contributed by atoms with van der Waals surface area (Å²) in [5, 5.41) is 4.03. The lowest BCUT2D eigenvalue weighted by molar-refractivity contribution is 0.631. The van der Waals surface area contributed by atoms with E-state index in [0.717, 1.165) is 10.9 Å². The molecule has 5 heteroatoms. The van der Waals surface area contributed by atoms with Gasteiger partial charge in [-0.3, -0.25) is 9.36 Å².